The second-order valence-corrected chi connectivity index (χ2v) is 7.19. The number of fused-ring (bicyclic) bond motifs is 1. The summed E-state index contributed by atoms with van der Waals surface area (Å²) < 4.78 is 5.94. The Hall–Kier alpha value is -2.35. The van der Waals surface area contributed by atoms with Gasteiger partial charge >= 0.3 is 0 Å². The molecule has 25 heavy (non-hydrogen) atoms. The van der Waals surface area contributed by atoms with Crippen LogP contribution < -0.4 is 4.74 Å². The lowest BCUT2D eigenvalue weighted by Gasteiger charge is -2.19. The SMILES string of the molecule is CC(c1ccc(OCc2ccc3ccccc3n2)cc1)C1CCCC1. The zero-order chi connectivity index (χ0) is 17.1. The number of pyridine rings is 1. The molecule has 2 nitrogen and oxygen atoms in total. The van der Waals surface area contributed by atoms with Crippen molar-refractivity contribution in [1.29, 1.82) is 0 Å². The molecule has 128 valence electrons. The van der Waals surface area contributed by atoms with E-state index in [0.29, 0.717) is 12.5 Å². The van der Waals surface area contributed by atoms with E-state index in [4.69, 9.17) is 4.74 Å². The second kappa shape index (κ2) is 7.26. The first-order chi connectivity index (χ1) is 12.3. The third-order valence-electron chi connectivity index (χ3n) is 5.56. The van der Waals surface area contributed by atoms with Crippen molar-refractivity contribution in [2.24, 2.45) is 5.92 Å². The smallest absolute Gasteiger partial charge is 0.130 e. The molecule has 0 spiro atoms. The average molecular weight is 331 g/mol. The molecule has 0 aliphatic heterocycles. The highest BCUT2D eigenvalue weighted by Gasteiger charge is 2.22. The Morgan fingerprint density at radius 1 is 0.960 bits per heavy atom. The molecule has 3 aromatic rings. The van der Waals surface area contributed by atoms with E-state index in [1.165, 1.54) is 31.2 Å². The van der Waals surface area contributed by atoms with E-state index in [0.717, 1.165) is 28.3 Å². The summed E-state index contributed by atoms with van der Waals surface area (Å²) in [7, 11) is 0. The fourth-order valence-corrected chi connectivity index (χ4v) is 3.94. The van der Waals surface area contributed by atoms with Crippen molar-refractivity contribution in [3.05, 3.63) is 71.9 Å². The number of aromatic nitrogens is 1. The summed E-state index contributed by atoms with van der Waals surface area (Å²) in [6.45, 7) is 2.87. The van der Waals surface area contributed by atoms with Crippen LogP contribution in [0.4, 0.5) is 0 Å². The molecule has 0 bridgehead atoms. The van der Waals surface area contributed by atoms with Crippen LogP contribution >= 0.6 is 0 Å². The van der Waals surface area contributed by atoms with Crippen LogP contribution in [0.1, 0.15) is 49.8 Å². The highest BCUT2D eigenvalue weighted by molar-refractivity contribution is 5.78. The van der Waals surface area contributed by atoms with Gasteiger partial charge in [-0.25, -0.2) is 4.98 Å². The van der Waals surface area contributed by atoms with E-state index in [1.54, 1.807) is 0 Å². The Bertz CT molecular complexity index is 834. The van der Waals surface area contributed by atoms with E-state index in [9.17, 15) is 0 Å². The Kier molecular flexibility index (Phi) is 4.69. The fourth-order valence-electron chi connectivity index (χ4n) is 3.94. The quantitative estimate of drug-likeness (QED) is 0.563. The monoisotopic (exact) mass is 331 g/mol. The molecular formula is C23H25NO. The molecular weight excluding hydrogens is 306 g/mol. The molecule has 0 amide bonds. The Balaban J connectivity index is 1.40. The van der Waals surface area contributed by atoms with E-state index >= 15 is 0 Å². The molecule has 0 radical (unpaired) electrons. The summed E-state index contributed by atoms with van der Waals surface area (Å²) in [4.78, 5) is 4.66. The first kappa shape index (κ1) is 16.1. The predicted molar refractivity (Wildman–Crippen MR) is 103 cm³/mol. The molecule has 1 fully saturated rings. The van der Waals surface area contributed by atoms with Gasteiger partial charge in [0, 0.05) is 5.39 Å². The van der Waals surface area contributed by atoms with Crippen LogP contribution in [0.3, 0.4) is 0 Å². The second-order valence-electron chi connectivity index (χ2n) is 7.19. The van der Waals surface area contributed by atoms with Crippen molar-refractivity contribution in [2.45, 2.75) is 45.1 Å². The lowest BCUT2D eigenvalue weighted by Crippen LogP contribution is -2.05. The van der Waals surface area contributed by atoms with Gasteiger partial charge in [0.05, 0.1) is 11.2 Å². The summed E-state index contributed by atoms with van der Waals surface area (Å²) >= 11 is 0. The highest BCUT2D eigenvalue weighted by Crippen LogP contribution is 2.37. The molecule has 2 aromatic carbocycles. The van der Waals surface area contributed by atoms with Crippen molar-refractivity contribution in [3.63, 3.8) is 0 Å². The summed E-state index contributed by atoms with van der Waals surface area (Å²) in [5.74, 6) is 2.42. The predicted octanol–water partition coefficient (Wildman–Crippen LogP) is 6.11. The standard InChI is InChI=1S/C23H25NO/c1-17(18-6-2-3-7-18)19-11-14-22(15-12-19)25-16-21-13-10-20-8-4-5-9-23(20)24-21/h4-5,8-15,17-18H,2-3,6-7,16H2,1H3. The largest absolute Gasteiger partial charge is 0.487 e. The van der Waals surface area contributed by atoms with Gasteiger partial charge in [-0.2, -0.15) is 0 Å². The van der Waals surface area contributed by atoms with Crippen molar-refractivity contribution >= 4 is 10.9 Å². The van der Waals surface area contributed by atoms with Crippen LogP contribution in [0.15, 0.2) is 60.7 Å². The Morgan fingerprint density at radius 2 is 1.72 bits per heavy atom. The van der Waals surface area contributed by atoms with Gasteiger partial charge in [-0.15, -0.1) is 0 Å². The molecule has 2 heteroatoms. The van der Waals surface area contributed by atoms with E-state index < -0.39 is 0 Å². The van der Waals surface area contributed by atoms with Crippen molar-refractivity contribution in [2.75, 3.05) is 0 Å². The number of ether oxygens (including phenoxy) is 1. The molecule has 1 aliphatic rings. The first-order valence-electron chi connectivity index (χ1n) is 9.37. The minimum atomic E-state index is 0.502. The van der Waals surface area contributed by atoms with Crippen molar-refractivity contribution in [1.82, 2.24) is 4.98 Å². The number of nitrogens with zero attached hydrogens (tertiary/aromatic N) is 1. The van der Waals surface area contributed by atoms with Gasteiger partial charge in [-0.3, -0.25) is 0 Å². The van der Waals surface area contributed by atoms with Gasteiger partial charge in [0.1, 0.15) is 12.4 Å². The number of hydrogen-bond donors (Lipinski definition) is 0. The van der Waals surface area contributed by atoms with Crippen LogP contribution in [0.25, 0.3) is 10.9 Å². The number of rotatable bonds is 5. The van der Waals surface area contributed by atoms with E-state index in [2.05, 4.69) is 48.3 Å². The maximum atomic E-state index is 5.94. The van der Waals surface area contributed by atoms with Gasteiger partial charge in [-0.05, 0) is 54.5 Å². The van der Waals surface area contributed by atoms with E-state index in [1.807, 2.05) is 24.3 Å². The topological polar surface area (TPSA) is 22.1 Å². The fraction of sp³-hybridized carbons (Fsp3) is 0.348. The lowest BCUT2D eigenvalue weighted by atomic mass is 9.86. The molecule has 1 saturated carbocycles. The van der Waals surface area contributed by atoms with Crippen LogP contribution in [0.2, 0.25) is 0 Å². The number of hydrogen-bond acceptors (Lipinski definition) is 2. The van der Waals surface area contributed by atoms with Gasteiger partial charge in [0.25, 0.3) is 0 Å². The normalized spacial score (nSPS) is 16.2. The molecule has 1 heterocycles. The first-order valence-corrected chi connectivity index (χ1v) is 9.37. The lowest BCUT2D eigenvalue weighted by molar-refractivity contribution is 0.301. The average Bonchev–Trinajstić information content (AvgIpc) is 3.21. The van der Waals surface area contributed by atoms with Gasteiger partial charge in [0.15, 0.2) is 0 Å². The molecule has 1 aromatic heterocycles. The molecule has 0 saturated heterocycles. The summed E-state index contributed by atoms with van der Waals surface area (Å²) in [6.07, 6.45) is 5.56. The molecule has 1 aliphatic carbocycles. The van der Waals surface area contributed by atoms with Crippen LogP contribution in [0.5, 0.6) is 5.75 Å². The number of para-hydroxylation sites is 1. The molecule has 4 rings (SSSR count). The highest BCUT2D eigenvalue weighted by atomic mass is 16.5. The van der Waals surface area contributed by atoms with Crippen LogP contribution in [-0.4, -0.2) is 4.98 Å². The molecule has 1 atom stereocenters. The summed E-state index contributed by atoms with van der Waals surface area (Å²) in [5.41, 5.74) is 3.41. The maximum absolute atomic E-state index is 5.94. The zero-order valence-electron chi connectivity index (χ0n) is 14.8. The number of benzene rings is 2. The molecule has 1 unspecified atom stereocenters. The van der Waals surface area contributed by atoms with E-state index in [-0.39, 0.29) is 0 Å². The third kappa shape index (κ3) is 3.68. The van der Waals surface area contributed by atoms with Crippen LogP contribution in [0, 0.1) is 5.92 Å². The molecule has 0 N–H and O–H groups in total. The Morgan fingerprint density at radius 3 is 2.52 bits per heavy atom. The third-order valence-corrected chi connectivity index (χ3v) is 5.56. The minimum absolute atomic E-state index is 0.502. The summed E-state index contributed by atoms with van der Waals surface area (Å²) in [6, 6.07) is 21.0. The van der Waals surface area contributed by atoms with Gasteiger partial charge in [-0.1, -0.05) is 56.2 Å². The maximum Gasteiger partial charge on any atom is 0.130 e. The van der Waals surface area contributed by atoms with Crippen LogP contribution in [-0.2, 0) is 6.61 Å². The zero-order valence-corrected chi connectivity index (χ0v) is 14.8. The summed E-state index contributed by atoms with van der Waals surface area (Å²) in [5, 5.41) is 1.16. The van der Waals surface area contributed by atoms with Crippen molar-refractivity contribution in [3.8, 4) is 5.75 Å². The van der Waals surface area contributed by atoms with Gasteiger partial charge < -0.3 is 4.74 Å². The Labute approximate surface area is 149 Å². The van der Waals surface area contributed by atoms with Crippen molar-refractivity contribution < 1.29 is 4.74 Å². The van der Waals surface area contributed by atoms with Gasteiger partial charge in [0.2, 0.25) is 0 Å². The minimum Gasteiger partial charge on any atom is -0.487 e.